The van der Waals surface area contributed by atoms with Gasteiger partial charge in [-0.05, 0) is 13.0 Å². The van der Waals surface area contributed by atoms with E-state index >= 15 is 0 Å². The number of H-pyrrole nitrogens is 1. The fraction of sp³-hybridized carbons (Fsp3) is 0.556. The minimum absolute atomic E-state index is 0.110. The highest BCUT2D eigenvalue weighted by Crippen LogP contribution is 1.88. The molecule has 5 nitrogen and oxygen atoms in total. The maximum atomic E-state index is 11.3. The molecule has 0 aliphatic heterocycles. The van der Waals surface area contributed by atoms with Crippen molar-refractivity contribution in [2.24, 2.45) is 0 Å². The Morgan fingerprint density at radius 2 is 2.36 bits per heavy atom. The molecule has 0 aromatic carbocycles. The molecule has 0 radical (unpaired) electrons. The molecule has 78 valence electrons. The molecule has 0 fully saturated rings. The van der Waals surface area contributed by atoms with Gasteiger partial charge in [-0.1, -0.05) is 6.92 Å². The van der Waals surface area contributed by atoms with Crippen molar-refractivity contribution in [1.82, 2.24) is 20.6 Å². The van der Waals surface area contributed by atoms with E-state index in [4.69, 9.17) is 0 Å². The van der Waals surface area contributed by atoms with Crippen molar-refractivity contribution in [3.8, 4) is 0 Å². The Balaban J connectivity index is 2.10. The predicted molar refractivity (Wildman–Crippen MR) is 54.1 cm³/mol. The second-order valence-corrected chi connectivity index (χ2v) is 2.97. The van der Waals surface area contributed by atoms with E-state index < -0.39 is 0 Å². The highest BCUT2D eigenvalue weighted by atomic mass is 16.1. The molecule has 1 rings (SSSR count). The lowest BCUT2D eigenvalue weighted by Crippen LogP contribution is -2.32. The molecule has 5 heteroatoms. The summed E-state index contributed by atoms with van der Waals surface area (Å²) in [5, 5.41) is 5.97. The van der Waals surface area contributed by atoms with E-state index in [2.05, 4.69) is 27.5 Å². The molecule has 0 spiro atoms. The van der Waals surface area contributed by atoms with E-state index in [1.807, 2.05) is 0 Å². The van der Waals surface area contributed by atoms with Crippen LogP contribution < -0.4 is 10.6 Å². The van der Waals surface area contributed by atoms with Gasteiger partial charge in [0.2, 0.25) is 0 Å². The van der Waals surface area contributed by atoms with Crippen LogP contribution in [0.3, 0.4) is 0 Å². The van der Waals surface area contributed by atoms with Crippen molar-refractivity contribution in [3.63, 3.8) is 0 Å². The normalized spacial score (nSPS) is 10.1. The molecule has 0 atom stereocenters. The van der Waals surface area contributed by atoms with Gasteiger partial charge in [0.05, 0.1) is 12.5 Å². The molecule has 1 aromatic rings. The Hall–Kier alpha value is -1.36. The Kier molecular flexibility index (Phi) is 4.71. The third-order valence-electron chi connectivity index (χ3n) is 1.76. The summed E-state index contributed by atoms with van der Waals surface area (Å²) in [4.78, 5) is 17.8. The van der Waals surface area contributed by atoms with Gasteiger partial charge in [-0.3, -0.25) is 4.79 Å². The van der Waals surface area contributed by atoms with Crippen molar-refractivity contribution >= 4 is 5.91 Å². The van der Waals surface area contributed by atoms with Crippen molar-refractivity contribution in [2.75, 3.05) is 19.6 Å². The van der Waals surface area contributed by atoms with Gasteiger partial charge in [-0.2, -0.15) is 0 Å². The predicted octanol–water partition coefficient (Wildman–Crippen LogP) is 0.139. The van der Waals surface area contributed by atoms with Crippen LogP contribution in [0.5, 0.6) is 0 Å². The fourth-order valence-electron chi connectivity index (χ4n) is 1.04. The largest absolute Gasteiger partial charge is 0.349 e. The number of amides is 1. The SMILES string of the molecule is CCCNCCNC(=O)c1cnc[nH]1. The first kappa shape index (κ1) is 10.7. The molecule has 0 saturated heterocycles. The maximum absolute atomic E-state index is 11.3. The lowest BCUT2D eigenvalue weighted by Gasteiger charge is -2.04. The Bertz CT molecular complexity index is 258. The van der Waals surface area contributed by atoms with Gasteiger partial charge in [-0.25, -0.2) is 4.98 Å². The number of imidazole rings is 1. The quantitative estimate of drug-likeness (QED) is 0.567. The molecule has 0 bridgehead atoms. The zero-order valence-electron chi connectivity index (χ0n) is 8.34. The van der Waals surface area contributed by atoms with Crippen LogP contribution in [0.25, 0.3) is 0 Å². The molecule has 0 saturated carbocycles. The number of nitrogens with zero attached hydrogens (tertiary/aromatic N) is 1. The third kappa shape index (κ3) is 3.57. The van der Waals surface area contributed by atoms with Gasteiger partial charge in [0.15, 0.2) is 0 Å². The second kappa shape index (κ2) is 6.15. The van der Waals surface area contributed by atoms with Crippen molar-refractivity contribution in [1.29, 1.82) is 0 Å². The molecule has 0 aliphatic carbocycles. The zero-order valence-corrected chi connectivity index (χ0v) is 8.34. The number of hydrogen-bond acceptors (Lipinski definition) is 3. The van der Waals surface area contributed by atoms with Gasteiger partial charge < -0.3 is 15.6 Å². The monoisotopic (exact) mass is 196 g/mol. The summed E-state index contributed by atoms with van der Waals surface area (Å²) in [6.45, 7) is 4.53. The van der Waals surface area contributed by atoms with Gasteiger partial charge in [0, 0.05) is 13.1 Å². The summed E-state index contributed by atoms with van der Waals surface area (Å²) < 4.78 is 0. The zero-order chi connectivity index (χ0) is 10.2. The highest BCUT2D eigenvalue weighted by Gasteiger charge is 2.04. The molecule has 1 amide bonds. The molecule has 1 aromatic heterocycles. The number of nitrogens with one attached hydrogen (secondary N) is 3. The van der Waals surface area contributed by atoms with Crippen LogP contribution >= 0.6 is 0 Å². The smallest absolute Gasteiger partial charge is 0.269 e. The molecule has 14 heavy (non-hydrogen) atoms. The summed E-state index contributed by atoms with van der Waals surface area (Å²) >= 11 is 0. The number of carbonyl (C=O) groups is 1. The van der Waals surface area contributed by atoms with E-state index in [0.717, 1.165) is 19.5 Å². The number of carbonyl (C=O) groups excluding carboxylic acids is 1. The molecular formula is C9H16N4O. The van der Waals surface area contributed by atoms with Crippen LogP contribution in [-0.2, 0) is 0 Å². The van der Waals surface area contributed by atoms with Crippen LogP contribution in [0, 0.1) is 0 Å². The van der Waals surface area contributed by atoms with Crippen LogP contribution in [-0.4, -0.2) is 35.5 Å². The average molecular weight is 196 g/mol. The first-order valence-corrected chi connectivity index (χ1v) is 4.82. The minimum atomic E-state index is -0.110. The van der Waals surface area contributed by atoms with E-state index in [-0.39, 0.29) is 5.91 Å². The topological polar surface area (TPSA) is 69.8 Å². The number of aromatic nitrogens is 2. The Morgan fingerprint density at radius 1 is 1.50 bits per heavy atom. The lowest BCUT2D eigenvalue weighted by atomic mass is 10.4. The first-order valence-electron chi connectivity index (χ1n) is 4.82. The fourth-order valence-corrected chi connectivity index (χ4v) is 1.04. The van der Waals surface area contributed by atoms with E-state index in [1.165, 1.54) is 12.5 Å². The van der Waals surface area contributed by atoms with E-state index in [0.29, 0.717) is 12.2 Å². The Labute approximate surface area is 83.3 Å². The first-order chi connectivity index (χ1) is 6.84. The summed E-state index contributed by atoms with van der Waals surface area (Å²) in [6, 6.07) is 0. The highest BCUT2D eigenvalue weighted by molar-refractivity contribution is 5.91. The number of aromatic amines is 1. The Morgan fingerprint density at radius 3 is 3.00 bits per heavy atom. The average Bonchev–Trinajstić information content (AvgIpc) is 2.70. The number of hydrogen-bond donors (Lipinski definition) is 3. The summed E-state index contributed by atoms with van der Waals surface area (Å²) in [5.74, 6) is -0.110. The third-order valence-corrected chi connectivity index (χ3v) is 1.76. The van der Waals surface area contributed by atoms with Gasteiger partial charge in [-0.15, -0.1) is 0 Å². The summed E-state index contributed by atoms with van der Waals surface area (Å²) in [7, 11) is 0. The maximum Gasteiger partial charge on any atom is 0.269 e. The summed E-state index contributed by atoms with van der Waals surface area (Å²) in [5.41, 5.74) is 0.500. The summed E-state index contributed by atoms with van der Waals surface area (Å²) in [6.07, 6.45) is 4.10. The molecule has 3 N–H and O–H groups in total. The van der Waals surface area contributed by atoms with Crippen molar-refractivity contribution in [2.45, 2.75) is 13.3 Å². The van der Waals surface area contributed by atoms with Crippen LogP contribution in [0.4, 0.5) is 0 Å². The number of rotatable bonds is 6. The van der Waals surface area contributed by atoms with Crippen molar-refractivity contribution in [3.05, 3.63) is 18.2 Å². The van der Waals surface area contributed by atoms with Gasteiger partial charge in [0.1, 0.15) is 5.69 Å². The molecule has 1 heterocycles. The van der Waals surface area contributed by atoms with Crippen LogP contribution in [0.1, 0.15) is 23.8 Å². The van der Waals surface area contributed by atoms with Gasteiger partial charge in [0.25, 0.3) is 5.91 Å². The van der Waals surface area contributed by atoms with E-state index in [1.54, 1.807) is 0 Å². The molecular weight excluding hydrogens is 180 g/mol. The molecule has 0 aliphatic rings. The molecule has 0 unspecified atom stereocenters. The lowest BCUT2D eigenvalue weighted by molar-refractivity contribution is 0.0949. The van der Waals surface area contributed by atoms with Crippen molar-refractivity contribution < 1.29 is 4.79 Å². The minimum Gasteiger partial charge on any atom is -0.349 e. The second-order valence-electron chi connectivity index (χ2n) is 2.97. The van der Waals surface area contributed by atoms with E-state index in [9.17, 15) is 4.79 Å². The van der Waals surface area contributed by atoms with Gasteiger partial charge >= 0.3 is 0 Å². The van der Waals surface area contributed by atoms with Crippen LogP contribution in [0.2, 0.25) is 0 Å². The van der Waals surface area contributed by atoms with Crippen LogP contribution in [0.15, 0.2) is 12.5 Å². The standard InChI is InChI=1S/C9H16N4O/c1-2-3-10-4-5-12-9(14)8-6-11-7-13-8/h6-7,10H,2-5H2,1H3,(H,11,13)(H,12,14).